The molecule has 9 nitrogen and oxygen atoms in total. The summed E-state index contributed by atoms with van der Waals surface area (Å²) in [7, 11) is 1.65. The van der Waals surface area contributed by atoms with Gasteiger partial charge in [0.1, 0.15) is 6.04 Å². The Balaban J connectivity index is 1.50. The molecule has 0 spiro atoms. The third kappa shape index (κ3) is 3.57. The Morgan fingerprint density at radius 2 is 1.97 bits per heavy atom. The Labute approximate surface area is 175 Å². The average molecular weight is 426 g/mol. The molecule has 2 aliphatic rings. The van der Waals surface area contributed by atoms with E-state index in [9.17, 15) is 24.0 Å². The second-order valence-corrected chi connectivity index (χ2v) is 7.91. The van der Waals surface area contributed by atoms with Crippen molar-refractivity contribution in [2.45, 2.75) is 25.4 Å². The van der Waals surface area contributed by atoms with Gasteiger partial charge in [-0.1, -0.05) is 0 Å². The number of amides is 6. The van der Waals surface area contributed by atoms with Gasteiger partial charge in [-0.25, -0.2) is 4.79 Å². The van der Waals surface area contributed by atoms with Gasteiger partial charge in [-0.15, -0.1) is 0 Å². The van der Waals surface area contributed by atoms with Crippen molar-refractivity contribution in [3.63, 3.8) is 0 Å². The molecule has 154 valence electrons. The highest BCUT2D eigenvalue weighted by Crippen LogP contribution is 2.29. The third-order valence-corrected chi connectivity index (χ3v) is 5.77. The molecule has 6 amide bonds. The molecule has 2 N–H and O–H groups in total. The van der Waals surface area contributed by atoms with Crippen LogP contribution in [0.4, 0.5) is 10.5 Å². The molecule has 0 aliphatic carbocycles. The summed E-state index contributed by atoms with van der Waals surface area (Å²) in [5.74, 6) is -2.29. The van der Waals surface area contributed by atoms with Crippen LogP contribution in [-0.2, 0) is 16.1 Å². The van der Waals surface area contributed by atoms with E-state index in [1.165, 1.54) is 23.1 Å². The fraction of sp³-hybridized carbons (Fsp3) is 0.250. The lowest BCUT2D eigenvalue weighted by atomic mass is 10.0. The predicted octanol–water partition coefficient (Wildman–Crippen LogP) is 1.81. The second kappa shape index (κ2) is 7.71. The third-order valence-electron chi connectivity index (χ3n) is 5.04. The first-order valence-electron chi connectivity index (χ1n) is 9.24. The monoisotopic (exact) mass is 426 g/mol. The molecule has 4 rings (SSSR count). The number of fused-ring (bicyclic) bond motifs is 1. The van der Waals surface area contributed by atoms with Crippen LogP contribution in [0.5, 0.6) is 0 Å². The lowest BCUT2D eigenvalue weighted by molar-refractivity contribution is -0.136. The van der Waals surface area contributed by atoms with E-state index in [2.05, 4.69) is 10.6 Å². The lowest BCUT2D eigenvalue weighted by Crippen LogP contribution is -2.54. The van der Waals surface area contributed by atoms with E-state index >= 15 is 0 Å². The number of carbonyl (C=O) groups excluding carboxylic acids is 5. The number of benzene rings is 1. The number of nitrogens with one attached hydrogen (secondary N) is 2. The maximum atomic E-state index is 12.8. The van der Waals surface area contributed by atoms with Crippen molar-refractivity contribution in [2.24, 2.45) is 0 Å². The van der Waals surface area contributed by atoms with E-state index in [1.807, 2.05) is 16.8 Å². The summed E-state index contributed by atoms with van der Waals surface area (Å²) in [5, 5.41) is 8.75. The van der Waals surface area contributed by atoms with Crippen molar-refractivity contribution >= 4 is 46.7 Å². The minimum absolute atomic E-state index is 0.0571. The van der Waals surface area contributed by atoms with Gasteiger partial charge in [-0.2, -0.15) is 11.3 Å². The summed E-state index contributed by atoms with van der Waals surface area (Å²) < 4.78 is 0. The van der Waals surface area contributed by atoms with Gasteiger partial charge in [0.05, 0.1) is 11.1 Å². The molecular weight excluding hydrogens is 408 g/mol. The van der Waals surface area contributed by atoms with E-state index in [1.54, 1.807) is 18.4 Å². The summed E-state index contributed by atoms with van der Waals surface area (Å²) >= 11 is 1.54. The smallest absolute Gasteiger partial charge is 0.321 e. The topological polar surface area (TPSA) is 116 Å². The molecule has 2 aromatic rings. The Kier molecular flexibility index (Phi) is 5.08. The van der Waals surface area contributed by atoms with Crippen molar-refractivity contribution < 1.29 is 24.0 Å². The van der Waals surface area contributed by atoms with Crippen molar-refractivity contribution in [1.29, 1.82) is 0 Å². The highest BCUT2D eigenvalue weighted by Gasteiger charge is 2.44. The zero-order valence-corrected chi connectivity index (χ0v) is 16.8. The van der Waals surface area contributed by atoms with Gasteiger partial charge in [-0.3, -0.25) is 29.4 Å². The molecule has 1 aromatic heterocycles. The minimum atomic E-state index is -1.02. The Morgan fingerprint density at radius 1 is 1.20 bits per heavy atom. The van der Waals surface area contributed by atoms with Gasteiger partial charge >= 0.3 is 6.03 Å². The van der Waals surface area contributed by atoms with Crippen LogP contribution in [0.2, 0.25) is 0 Å². The van der Waals surface area contributed by atoms with Crippen LogP contribution >= 0.6 is 11.3 Å². The first-order valence-corrected chi connectivity index (χ1v) is 10.2. The number of carbonyl (C=O) groups is 5. The highest BCUT2D eigenvalue weighted by atomic mass is 32.1. The van der Waals surface area contributed by atoms with E-state index in [-0.39, 0.29) is 30.0 Å². The summed E-state index contributed by atoms with van der Waals surface area (Å²) in [6.45, 7) is 0.432. The summed E-state index contributed by atoms with van der Waals surface area (Å²) in [6, 6.07) is 4.96. The Morgan fingerprint density at radius 3 is 2.67 bits per heavy atom. The Hall–Kier alpha value is -3.53. The van der Waals surface area contributed by atoms with E-state index in [0.717, 1.165) is 10.5 Å². The van der Waals surface area contributed by atoms with Crippen LogP contribution in [0, 0.1) is 0 Å². The van der Waals surface area contributed by atoms with Crippen molar-refractivity contribution in [3.8, 4) is 0 Å². The number of imide groups is 2. The summed E-state index contributed by atoms with van der Waals surface area (Å²) in [5.41, 5.74) is 1.65. The molecule has 10 heteroatoms. The summed E-state index contributed by atoms with van der Waals surface area (Å²) in [6.07, 6.45) is 0.148. The largest absolute Gasteiger partial charge is 0.323 e. The van der Waals surface area contributed by atoms with Gasteiger partial charge in [0, 0.05) is 25.7 Å². The number of hydrogen-bond donors (Lipinski definition) is 2. The number of hydrogen-bond acceptors (Lipinski definition) is 6. The fourth-order valence-electron chi connectivity index (χ4n) is 3.50. The van der Waals surface area contributed by atoms with Crippen molar-refractivity contribution in [1.82, 2.24) is 15.1 Å². The lowest BCUT2D eigenvalue weighted by Gasteiger charge is -2.27. The van der Waals surface area contributed by atoms with Gasteiger partial charge in [0.25, 0.3) is 11.8 Å². The first-order chi connectivity index (χ1) is 14.3. The molecule has 0 bridgehead atoms. The Bertz CT molecular complexity index is 1070. The van der Waals surface area contributed by atoms with Crippen molar-refractivity contribution in [3.05, 3.63) is 51.7 Å². The molecule has 1 unspecified atom stereocenters. The van der Waals surface area contributed by atoms with Crippen LogP contribution in [0.25, 0.3) is 0 Å². The van der Waals surface area contributed by atoms with Crippen LogP contribution in [0.15, 0.2) is 35.0 Å². The SMILES string of the molecule is CN(Cc1ccsc1)C(=O)Nc1ccc2c(c1)C(=O)N(C1CCC(=O)NC1=O)C2=O. The van der Waals surface area contributed by atoms with Crippen molar-refractivity contribution in [2.75, 3.05) is 12.4 Å². The predicted molar refractivity (Wildman–Crippen MR) is 108 cm³/mol. The number of urea groups is 1. The molecule has 0 radical (unpaired) electrons. The van der Waals surface area contributed by atoms with E-state index in [4.69, 9.17) is 0 Å². The normalized spacial score (nSPS) is 18.3. The first kappa shape index (κ1) is 19.8. The second-order valence-electron chi connectivity index (χ2n) is 7.13. The standard InChI is InChI=1S/C20H18N4O5S/c1-23(9-11-6-7-30-10-11)20(29)21-12-2-3-13-14(8-12)19(28)24(18(13)27)15-4-5-16(25)22-17(15)26/h2-3,6-8,10,15H,4-5,9H2,1H3,(H,21,29)(H,22,25,26). The van der Waals surface area contributed by atoms with E-state index in [0.29, 0.717) is 12.2 Å². The van der Waals surface area contributed by atoms with Crippen LogP contribution in [-0.4, -0.2) is 52.5 Å². The maximum Gasteiger partial charge on any atom is 0.321 e. The number of thiophene rings is 1. The average Bonchev–Trinajstić information content (AvgIpc) is 3.30. The molecular formula is C20H18N4O5S. The molecule has 1 aromatic carbocycles. The molecule has 0 saturated carbocycles. The molecule has 3 heterocycles. The minimum Gasteiger partial charge on any atom is -0.323 e. The zero-order chi connectivity index (χ0) is 21.4. The van der Waals surface area contributed by atoms with Crippen LogP contribution in [0.1, 0.15) is 39.1 Å². The highest BCUT2D eigenvalue weighted by molar-refractivity contribution is 7.07. The summed E-state index contributed by atoms with van der Waals surface area (Å²) in [4.78, 5) is 63.8. The molecule has 1 saturated heterocycles. The molecule has 2 aliphatic heterocycles. The van der Waals surface area contributed by atoms with Gasteiger partial charge in [0.2, 0.25) is 11.8 Å². The fourth-order valence-corrected chi connectivity index (χ4v) is 4.16. The number of nitrogens with zero attached hydrogens (tertiary/aromatic N) is 2. The number of anilines is 1. The molecule has 1 fully saturated rings. The quantitative estimate of drug-likeness (QED) is 0.724. The van der Waals surface area contributed by atoms with Crippen LogP contribution < -0.4 is 10.6 Å². The zero-order valence-electron chi connectivity index (χ0n) is 16.0. The van der Waals surface area contributed by atoms with Gasteiger partial charge < -0.3 is 10.2 Å². The number of piperidine rings is 1. The molecule has 1 atom stereocenters. The van der Waals surface area contributed by atoms with Gasteiger partial charge in [-0.05, 0) is 47.0 Å². The maximum absolute atomic E-state index is 12.8. The number of rotatable bonds is 4. The van der Waals surface area contributed by atoms with Crippen LogP contribution in [0.3, 0.4) is 0 Å². The van der Waals surface area contributed by atoms with Gasteiger partial charge in [0.15, 0.2) is 0 Å². The van der Waals surface area contributed by atoms with E-state index < -0.39 is 29.7 Å². The molecule has 30 heavy (non-hydrogen) atoms.